The van der Waals surface area contributed by atoms with E-state index in [1.165, 1.54) is 11.8 Å². The maximum atomic E-state index is 12.2. The molecule has 1 heterocycles. The lowest BCUT2D eigenvalue weighted by Crippen LogP contribution is -2.30. The van der Waals surface area contributed by atoms with Crippen molar-refractivity contribution in [3.05, 3.63) is 88.5 Å². The van der Waals surface area contributed by atoms with E-state index in [9.17, 15) is 10.1 Å². The molecule has 1 amide bonds. The van der Waals surface area contributed by atoms with Crippen LogP contribution in [0, 0.1) is 11.3 Å². The Hall–Kier alpha value is -2.97. The molecule has 5 heteroatoms. The number of carbonyl (C=O) groups excluding carboxylic acids is 1. The van der Waals surface area contributed by atoms with E-state index in [0.29, 0.717) is 23.0 Å². The number of nitrogens with one attached hydrogen (secondary N) is 1. The first-order valence-corrected chi connectivity index (χ1v) is 10.0. The van der Waals surface area contributed by atoms with Crippen LogP contribution in [0.4, 0.5) is 0 Å². The highest BCUT2D eigenvalue weighted by Gasteiger charge is 2.29. The van der Waals surface area contributed by atoms with Gasteiger partial charge in [-0.25, -0.2) is 0 Å². The van der Waals surface area contributed by atoms with Gasteiger partial charge in [0.25, 0.3) is 0 Å². The van der Waals surface area contributed by atoms with Gasteiger partial charge in [-0.15, -0.1) is 11.8 Å². The minimum absolute atomic E-state index is 0.0716. The molecule has 0 saturated heterocycles. The van der Waals surface area contributed by atoms with Gasteiger partial charge in [-0.2, -0.15) is 5.26 Å². The molecule has 0 aliphatic carbocycles. The van der Waals surface area contributed by atoms with Crippen LogP contribution in [-0.4, -0.2) is 11.7 Å². The fourth-order valence-corrected chi connectivity index (χ4v) is 3.87. The highest BCUT2D eigenvalue weighted by molar-refractivity contribution is 8.03. The molecule has 0 radical (unpaired) electrons. The molecule has 1 atom stereocenters. The van der Waals surface area contributed by atoms with Crippen LogP contribution in [0.1, 0.15) is 30.4 Å². The Morgan fingerprint density at radius 3 is 2.61 bits per heavy atom. The van der Waals surface area contributed by atoms with Gasteiger partial charge >= 0.3 is 0 Å². The van der Waals surface area contributed by atoms with Gasteiger partial charge in [0.2, 0.25) is 5.91 Å². The van der Waals surface area contributed by atoms with E-state index in [-0.39, 0.29) is 18.2 Å². The van der Waals surface area contributed by atoms with Crippen molar-refractivity contribution in [1.82, 2.24) is 5.32 Å². The third-order valence-electron chi connectivity index (χ3n) is 4.35. The molecule has 28 heavy (non-hydrogen) atoms. The molecule has 1 aliphatic rings. The van der Waals surface area contributed by atoms with Gasteiger partial charge in [-0.05, 0) is 30.2 Å². The Bertz CT molecular complexity index is 927. The van der Waals surface area contributed by atoms with Crippen LogP contribution in [0.3, 0.4) is 0 Å². The predicted molar refractivity (Wildman–Crippen MR) is 113 cm³/mol. The van der Waals surface area contributed by atoms with Gasteiger partial charge in [0.15, 0.2) is 0 Å². The molecule has 4 nitrogen and oxygen atoms in total. The molecule has 3 rings (SSSR count). The summed E-state index contributed by atoms with van der Waals surface area (Å²) in [4.78, 5) is 12.2. The maximum absolute atomic E-state index is 12.2. The molecule has 2 aromatic rings. The molecule has 0 fully saturated rings. The molecule has 0 bridgehead atoms. The Labute approximate surface area is 169 Å². The van der Waals surface area contributed by atoms with Crippen LogP contribution < -0.4 is 10.1 Å². The fourth-order valence-electron chi connectivity index (χ4n) is 2.95. The molecule has 2 aromatic carbocycles. The summed E-state index contributed by atoms with van der Waals surface area (Å²) in [5, 5.41) is 13.2. The smallest absolute Gasteiger partial charge is 0.225 e. The Morgan fingerprint density at radius 2 is 1.96 bits per heavy atom. The number of hydrogen-bond donors (Lipinski definition) is 1. The number of nitrogens with zero attached hydrogens (tertiary/aromatic N) is 1. The summed E-state index contributed by atoms with van der Waals surface area (Å²) in [6, 6.07) is 19.9. The minimum Gasteiger partial charge on any atom is -0.489 e. The van der Waals surface area contributed by atoms with Crippen molar-refractivity contribution >= 4 is 17.7 Å². The minimum atomic E-state index is -0.241. The lowest BCUT2D eigenvalue weighted by molar-refractivity contribution is -0.120. The molecule has 0 saturated carbocycles. The molecular formula is C23H22N2O2S. The summed E-state index contributed by atoms with van der Waals surface area (Å²) in [6.07, 6.45) is 0.268. The van der Waals surface area contributed by atoms with Gasteiger partial charge in [-0.1, -0.05) is 54.6 Å². The summed E-state index contributed by atoms with van der Waals surface area (Å²) >= 11 is 1.45. The molecule has 0 spiro atoms. The molecule has 142 valence electrons. The third-order valence-corrected chi connectivity index (χ3v) is 5.60. The first kappa shape index (κ1) is 19.8. The zero-order valence-corrected chi connectivity index (χ0v) is 16.6. The molecule has 1 N–H and O–H groups in total. The van der Waals surface area contributed by atoms with Crippen LogP contribution in [0.25, 0.3) is 0 Å². The molecule has 1 unspecified atom stereocenters. The second-order valence-electron chi connectivity index (χ2n) is 6.75. The molecule has 0 aromatic heterocycles. The number of amides is 1. The summed E-state index contributed by atoms with van der Waals surface area (Å²) in [7, 11) is 0. The second-order valence-corrected chi connectivity index (χ2v) is 7.73. The van der Waals surface area contributed by atoms with E-state index in [2.05, 4.69) is 18.0 Å². The van der Waals surface area contributed by atoms with Crippen molar-refractivity contribution in [3.8, 4) is 11.8 Å². The number of ether oxygens (including phenoxy) is 1. The Kier molecular flexibility index (Phi) is 6.57. The van der Waals surface area contributed by atoms with Crippen LogP contribution in [0.15, 0.2) is 77.4 Å². The van der Waals surface area contributed by atoms with Gasteiger partial charge in [-0.3, -0.25) is 4.79 Å². The first-order chi connectivity index (χ1) is 13.6. The fraction of sp³-hybridized carbons (Fsp3) is 0.217. The molecular weight excluding hydrogens is 368 g/mol. The van der Waals surface area contributed by atoms with Crippen molar-refractivity contribution in [1.29, 1.82) is 5.26 Å². The number of rotatable bonds is 7. The van der Waals surface area contributed by atoms with Gasteiger partial charge in [0.1, 0.15) is 12.4 Å². The van der Waals surface area contributed by atoms with E-state index in [4.69, 9.17) is 4.74 Å². The largest absolute Gasteiger partial charge is 0.489 e. The lowest BCUT2D eigenvalue weighted by Gasteiger charge is -2.25. The summed E-state index contributed by atoms with van der Waals surface area (Å²) in [5.41, 5.74) is 3.63. The zero-order chi connectivity index (χ0) is 19.9. The zero-order valence-electron chi connectivity index (χ0n) is 15.8. The highest BCUT2D eigenvalue weighted by Crippen LogP contribution is 2.36. The van der Waals surface area contributed by atoms with Gasteiger partial charge in [0.05, 0.1) is 16.7 Å². The Morgan fingerprint density at radius 1 is 1.25 bits per heavy atom. The van der Waals surface area contributed by atoms with Crippen LogP contribution in [0.2, 0.25) is 0 Å². The number of hydrogen-bond acceptors (Lipinski definition) is 4. The highest BCUT2D eigenvalue weighted by atomic mass is 32.2. The number of nitriles is 1. The first-order valence-electron chi connectivity index (χ1n) is 9.05. The predicted octanol–water partition coefficient (Wildman–Crippen LogP) is 4.91. The van der Waals surface area contributed by atoms with Crippen molar-refractivity contribution in [3.63, 3.8) is 0 Å². The van der Waals surface area contributed by atoms with Crippen molar-refractivity contribution in [2.24, 2.45) is 0 Å². The number of benzene rings is 2. The van der Waals surface area contributed by atoms with Gasteiger partial charge < -0.3 is 10.1 Å². The van der Waals surface area contributed by atoms with E-state index in [0.717, 1.165) is 22.4 Å². The van der Waals surface area contributed by atoms with Crippen molar-refractivity contribution in [2.45, 2.75) is 25.9 Å². The second kappa shape index (κ2) is 9.29. The SMILES string of the molecule is C=C(C)CSC1=C(C#N)C(c2ccc(OCc3ccccc3)cc2)CC(=O)N1. The normalized spacial score (nSPS) is 16.3. The van der Waals surface area contributed by atoms with Crippen LogP contribution in [0.5, 0.6) is 5.75 Å². The number of carbonyl (C=O) groups is 1. The average Bonchev–Trinajstić information content (AvgIpc) is 2.71. The molecule has 1 aliphatic heterocycles. The monoisotopic (exact) mass is 390 g/mol. The van der Waals surface area contributed by atoms with Crippen molar-refractivity contribution < 1.29 is 9.53 Å². The number of thioether (sulfide) groups is 1. The van der Waals surface area contributed by atoms with Crippen LogP contribution >= 0.6 is 11.8 Å². The van der Waals surface area contributed by atoms with E-state index >= 15 is 0 Å². The summed E-state index contributed by atoms with van der Waals surface area (Å²) in [6.45, 7) is 6.31. The summed E-state index contributed by atoms with van der Waals surface area (Å²) in [5.74, 6) is 1.11. The topological polar surface area (TPSA) is 62.1 Å². The maximum Gasteiger partial charge on any atom is 0.225 e. The lowest BCUT2D eigenvalue weighted by atomic mass is 9.87. The summed E-state index contributed by atoms with van der Waals surface area (Å²) < 4.78 is 5.82. The quantitative estimate of drug-likeness (QED) is 0.682. The number of allylic oxidation sites excluding steroid dienone is 1. The van der Waals surface area contributed by atoms with E-state index in [1.807, 2.05) is 61.5 Å². The average molecular weight is 391 g/mol. The van der Waals surface area contributed by atoms with Crippen LogP contribution in [-0.2, 0) is 11.4 Å². The van der Waals surface area contributed by atoms with Gasteiger partial charge in [0, 0.05) is 18.1 Å². The van der Waals surface area contributed by atoms with Crippen molar-refractivity contribution in [2.75, 3.05) is 5.75 Å². The van der Waals surface area contributed by atoms with E-state index in [1.54, 1.807) is 0 Å². The van der Waals surface area contributed by atoms with E-state index < -0.39 is 0 Å². The Balaban J connectivity index is 1.75. The third kappa shape index (κ3) is 5.05. The standard InChI is InChI=1S/C23H22N2O2S/c1-16(2)15-28-23-21(13-24)20(12-22(26)25-23)18-8-10-19(11-9-18)27-14-17-6-4-3-5-7-17/h3-11,20H,1,12,14-15H2,2H3,(H,25,26).